The van der Waals surface area contributed by atoms with E-state index in [1.807, 2.05) is 17.0 Å². The van der Waals surface area contributed by atoms with Crippen LogP contribution in [0.2, 0.25) is 5.02 Å². The highest BCUT2D eigenvalue weighted by Crippen LogP contribution is 2.53. The van der Waals surface area contributed by atoms with E-state index in [1.54, 1.807) is 32.1 Å². The van der Waals surface area contributed by atoms with E-state index in [9.17, 15) is 0 Å². The normalized spacial score (nSPS) is 39.9. The van der Waals surface area contributed by atoms with Gasteiger partial charge in [-0.25, -0.2) is 0 Å². The Morgan fingerprint density at radius 3 is 1.96 bits per heavy atom. The molecule has 0 radical (unpaired) electrons. The topological polar surface area (TPSA) is 7.68 Å². The van der Waals surface area contributed by atoms with E-state index >= 15 is 0 Å². The van der Waals surface area contributed by atoms with Crippen LogP contribution in [0.15, 0.2) is 24.3 Å². The number of nitrogens with zero attached hydrogens (tertiary/aromatic N) is 1. The lowest BCUT2D eigenvalue weighted by Gasteiger charge is -2.56. The van der Waals surface area contributed by atoms with Crippen LogP contribution in [0.1, 0.15) is 32.1 Å². The molecule has 4 saturated carbocycles. The molecule has 5 aliphatic rings. The zero-order chi connectivity index (χ0) is 15.4. The molecular weight excluding hydrogens is 304 g/mol. The van der Waals surface area contributed by atoms with Crippen molar-refractivity contribution >= 4 is 17.3 Å². The van der Waals surface area contributed by atoms with Crippen LogP contribution < -0.4 is 9.80 Å². The Kier molecular flexibility index (Phi) is 3.60. The summed E-state index contributed by atoms with van der Waals surface area (Å²) in [5.74, 6) is 4.32. The number of nitrogens with one attached hydrogen (secondary N) is 1. The van der Waals surface area contributed by atoms with E-state index < -0.39 is 0 Å². The highest BCUT2D eigenvalue weighted by Gasteiger charge is 2.52. The number of hydrogen-bond acceptors (Lipinski definition) is 1. The van der Waals surface area contributed by atoms with Crippen molar-refractivity contribution in [1.29, 1.82) is 0 Å². The molecule has 1 heterocycles. The molecule has 6 rings (SSSR count). The highest BCUT2D eigenvalue weighted by molar-refractivity contribution is 6.30. The second-order valence-corrected chi connectivity index (χ2v) is 9.01. The molecule has 4 aliphatic carbocycles. The van der Waals surface area contributed by atoms with Crippen molar-refractivity contribution in [3.63, 3.8) is 0 Å². The van der Waals surface area contributed by atoms with Gasteiger partial charge in [0.15, 0.2) is 0 Å². The summed E-state index contributed by atoms with van der Waals surface area (Å²) in [5.41, 5.74) is 1.35. The van der Waals surface area contributed by atoms with Crippen molar-refractivity contribution in [2.45, 2.75) is 38.1 Å². The van der Waals surface area contributed by atoms with Crippen molar-refractivity contribution in [3.05, 3.63) is 29.3 Å². The molecule has 0 spiro atoms. The van der Waals surface area contributed by atoms with E-state index in [0.717, 1.165) is 34.7 Å². The van der Waals surface area contributed by atoms with Crippen LogP contribution in [-0.2, 0) is 0 Å². The van der Waals surface area contributed by atoms with Crippen LogP contribution in [0.25, 0.3) is 0 Å². The highest BCUT2D eigenvalue weighted by atomic mass is 35.5. The SMILES string of the molecule is Clc1ccc(N2CC[NH+](C3C4CC5CC(C4)CC3C5)CC2)cc1. The maximum absolute atomic E-state index is 6.02. The van der Waals surface area contributed by atoms with E-state index in [1.165, 1.54) is 31.9 Å². The summed E-state index contributed by atoms with van der Waals surface area (Å²) in [6.45, 7) is 5.07. The maximum atomic E-state index is 6.02. The fraction of sp³-hybridized carbons (Fsp3) is 0.700. The van der Waals surface area contributed by atoms with Gasteiger partial charge in [0, 0.05) is 22.5 Å². The average Bonchev–Trinajstić information content (AvgIpc) is 2.55. The molecule has 0 amide bonds. The molecular formula is C20H28ClN2+. The Labute approximate surface area is 144 Å². The maximum Gasteiger partial charge on any atom is 0.0951 e. The lowest BCUT2D eigenvalue weighted by Crippen LogP contribution is -3.20. The molecule has 0 aromatic heterocycles. The first-order chi connectivity index (χ1) is 11.3. The Hall–Kier alpha value is -0.730. The van der Waals surface area contributed by atoms with Crippen molar-refractivity contribution in [2.24, 2.45) is 23.7 Å². The molecule has 23 heavy (non-hydrogen) atoms. The Balaban J connectivity index is 1.26. The summed E-state index contributed by atoms with van der Waals surface area (Å²) < 4.78 is 0. The molecule has 0 atom stereocenters. The second-order valence-electron chi connectivity index (χ2n) is 8.58. The van der Waals surface area contributed by atoms with Gasteiger partial charge in [-0.15, -0.1) is 0 Å². The van der Waals surface area contributed by atoms with E-state index in [2.05, 4.69) is 17.0 Å². The minimum absolute atomic E-state index is 0.839. The first-order valence-corrected chi connectivity index (χ1v) is 9.99. The van der Waals surface area contributed by atoms with Gasteiger partial charge in [-0.05, 0) is 68.2 Å². The predicted octanol–water partition coefficient (Wildman–Crippen LogP) is 2.87. The van der Waals surface area contributed by atoms with Gasteiger partial charge < -0.3 is 9.80 Å². The van der Waals surface area contributed by atoms with Gasteiger partial charge in [-0.1, -0.05) is 11.6 Å². The molecule has 1 N–H and O–H groups in total. The van der Waals surface area contributed by atoms with Gasteiger partial charge in [0.25, 0.3) is 0 Å². The van der Waals surface area contributed by atoms with Gasteiger partial charge in [-0.3, -0.25) is 0 Å². The van der Waals surface area contributed by atoms with Crippen LogP contribution in [0.3, 0.4) is 0 Å². The second kappa shape index (κ2) is 5.67. The molecule has 5 fully saturated rings. The molecule has 1 saturated heterocycles. The quantitative estimate of drug-likeness (QED) is 0.875. The first kappa shape index (κ1) is 14.6. The number of rotatable bonds is 2. The lowest BCUT2D eigenvalue weighted by molar-refractivity contribution is -0.936. The standard InChI is InChI=1S/C20H27ClN2/c21-18-1-3-19(4-2-18)22-5-7-23(8-6-22)20-16-10-14-9-15(12-16)13-17(20)11-14/h1-4,14-17,20H,5-13H2/p+1. The van der Waals surface area contributed by atoms with E-state index in [0.29, 0.717) is 0 Å². The third kappa shape index (κ3) is 2.59. The summed E-state index contributed by atoms with van der Waals surface area (Å²) in [7, 11) is 0. The van der Waals surface area contributed by atoms with Crippen LogP contribution in [0.5, 0.6) is 0 Å². The fourth-order valence-corrected chi connectivity index (χ4v) is 6.76. The molecule has 1 aromatic rings. The lowest BCUT2D eigenvalue weighted by atomic mass is 9.54. The summed E-state index contributed by atoms with van der Waals surface area (Å²) in [4.78, 5) is 4.49. The summed E-state index contributed by atoms with van der Waals surface area (Å²) in [5, 5.41) is 0.839. The average molecular weight is 332 g/mol. The van der Waals surface area contributed by atoms with E-state index in [4.69, 9.17) is 11.6 Å². The summed E-state index contributed by atoms with van der Waals surface area (Å²) in [6, 6.07) is 9.39. The minimum atomic E-state index is 0.839. The summed E-state index contributed by atoms with van der Waals surface area (Å²) in [6.07, 6.45) is 7.80. The monoisotopic (exact) mass is 331 g/mol. The van der Waals surface area contributed by atoms with Gasteiger partial charge in [0.2, 0.25) is 0 Å². The molecule has 1 aliphatic heterocycles. The molecule has 124 valence electrons. The first-order valence-electron chi connectivity index (χ1n) is 9.61. The summed E-state index contributed by atoms with van der Waals surface area (Å²) >= 11 is 6.02. The number of hydrogen-bond donors (Lipinski definition) is 1. The molecule has 3 heteroatoms. The number of anilines is 1. The van der Waals surface area contributed by atoms with Crippen molar-refractivity contribution in [2.75, 3.05) is 31.1 Å². The molecule has 4 bridgehead atoms. The Morgan fingerprint density at radius 2 is 1.39 bits per heavy atom. The number of benzene rings is 1. The van der Waals surface area contributed by atoms with E-state index in [-0.39, 0.29) is 0 Å². The van der Waals surface area contributed by atoms with Crippen LogP contribution in [0.4, 0.5) is 5.69 Å². The molecule has 0 unspecified atom stereocenters. The number of quaternary nitrogens is 1. The van der Waals surface area contributed by atoms with Crippen LogP contribution >= 0.6 is 11.6 Å². The number of piperazine rings is 1. The predicted molar refractivity (Wildman–Crippen MR) is 95.2 cm³/mol. The van der Waals surface area contributed by atoms with Gasteiger partial charge in [0.05, 0.1) is 32.2 Å². The zero-order valence-corrected chi connectivity index (χ0v) is 14.6. The fourth-order valence-electron chi connectivity index (χ4n) is 6.63. The van der Waals surface area contributed by atoms with Crippen LogP contribution in [0, 0.1) is 23.7 Å². The van der Waals surface area contributed by atoms with Gasteiger partial charge >= 0.3 is 0 Å². The van der Waals surface area contributed by atoms with Crippen molar-refractivity contribution in [3.8, 4) is 0 Å². The molecule has 1 aromatic carbocycles. The van der Waals surface area contributed by atoms with Gasteiger partial charge in [-0.2, -0.15) is 0 Å². The van der Waals surface area contributed by atoms with Gasteiger partial charge in [0.1, 0.15) is 0 Å². The smallest absolute Gasteiger partial charge is 0.0951 e. The largest absolute Gasteiger partial charge is 0.360 e. The Morgan fingerprint density at radius 1 is 0.826 bits per heavy atom. The Bertz CT molecular complexity index is 534. The van der Waals surface area contributed by atoms with Crippen LogP contribution in [-0.4, -0.2) is 32.2 Å². The number of halogens is 1. The zero-order valence-electron chi connectivity index (χ0n) is 13.9. The minimum Gasteiger partial charge on any atom is -0.360 e. The third-order valence-corrected chi connectivity index (χ3v) is 7.55. The van der Waals surface area contributed by atoms with Crippen molar-refractivity contribution in [1.82, 2.24) is 0 Å². The molecule has 2 nitrogen and oxygen atoms in total. The third-order valence-electron chi connectivity index (χ3n) is 7.30. The van der Waals surface area contributed by atoms with Crippen molar-refractivity contribution < 1.29 is 4.90 Å².